The van der Waals surface area contributed by atoms with Crippen LogP contribution in [-0.2, 0) is 16.0 Å². The molecule has 2 fully saturated rings. The third-order valence-corrected chi connectivity index (χ3v) is 8.06. The molecule has 0 spiro atoms. The molecule has 0 bridgehead atoms. The van der Waals surface area contributed by atoms with Crippen molar-refractivity contribution in [3.8, 4) is 0 Å². The molecule has 8 heteroatoms. The Hall–Kier alpha value is -2.10. The van der Waals surface area contributed by atoms with Gasteiger partial charge in [-0.1, -0.05) is 29.8 Å². The van der Waals surface area contributed by atoms with Crippen molar-refractivity contribution in [1.29, 1.82) is 0 Å². The molecule has 34 heavy (non-hydrogen) atoms. The Bertz CT molecular complexity index is 1100. The number of benzene rings is 1. The normalized spacial score (nSPS) is 18.9. The Kier molecular flexibility index (Phi) is 7.41. The average Bonchev–Trinajstić information content (AvgIpc) is 3.14. The molecule has 1 aromatic carbocycles. The molecule has 1 unspecified atom stereocenters. The van der Waals surface area contributed by atoms with E-state index in [1.165, 1.54) is 21.6 Å². The van der Waals surface area contributed by atoms with Crippen LogP contribution in [0.25, 0.3) is 10.2 Å². The maximum Gasteiger partial charge on any atom is 0.146 e. The van der Waals surface area contributed by atoms with Gasteiger partial charge in [0, 0.05) is 37.6 Å². The van der Waals surface area contributed by atoms with Gasteiger partial charge in [0.25, 0.3) is 0 Å². The molecule has 2 aliphatic rings. The molecule has 4 heterocycles. The number of rotatable bonds is 7. The largest absolute Gasteiger partial charge is 0.379 e. The highest BCUT2D eigenvalue weighted by Gasteiger charge is 2.24. The smallest absolute Gasteiger partial charge is 0.146 e. The zero-order chi connectivity index (χ0) is 23.5. The number of morpholine rings is 2. The molecular weight excluding hydrogens is 446 g/mol. The zero-order valence-corrected chi connectivity index (χ0v) is 21.3. The zero-order valence-electron chi connectivity index (χ0n) is 20.5. The molecule has 1 N–H and O–H groups in total. The van der Waals surface area contributed by atoms with Crippen molar-refractivity contribution < 1.29 is 9.47 Å². The van der Waals surface area contributed by atoms with E-state index < -0.39 is 0 Å². The lowest BCUT2D eigenvalue weighted by Crippen LogP contribution is -2.41. The number of hydrogen-bond donors (Lipinski definition) is 1. The molecule has 0 aliphatic carbocycles. The predicted octanol–water partition coefficient (Wildman–Crippen LogP) is 3.93. The average molecular weight is 482 g/mol. The van der Waals surface area contributed by atoms with E-state index >= 15 is 0 Å². The molecule has 0 amide bonds. The van der Waals surface area contributed by atoms with Crippen molar-refractivity contribution >= 4 is 27.4 Å². The monoisotopic (exact) mass is 481 g/mol. The van der Waals surface area contributed by atoms with Crippen molar-refractivity contribution in [3.63, 3.8) is 0 Å². The fraction of sp³-hybridized carbons (Fsp3) is 0.538. The van der Waals surface area contributed by atoms with Crippen molar-refractivity contribution in [2.75, 3.05) is 64.5 Å². The first kappa shape index (κ1) is 23.6. The highest BCUT2D eigenvalue weighted by Crippen LogP contribution is 2.34. The summed E-state index contributed by atoms with van der Waals surface area (Å²) in [5, 5.41) is 4.92. The Labute approximate surface area is 206 Å². The van der Waals surface area contributed by atoms with E-state index in [4.69, 9.17) is 19.4 Å². The molecule has 2 aliphatic heterocycles. The summed E-state index contributed by atoms with van der Waals surface area (Å²) in [4.78, 5) is 17.3. The first-order chi connectivity index (χ1) is 16.6. The number of nitrogens with one attached hydrogen (secondary N) is 1. The van der Waals surface area contributed by atoms with E-state index in [-0.39, 0.29) is 6.04 Å². The summed E-state index contributed by atoms with van der Waals surface area (Å²) in [5.41, 5.74) is 3.89. The van der Waals surface area contributed by atoms with Gasteiger partial charge in [-0.3, -0.25) is 9.80 Å². The minimum absolute atomic E-state index is 0.261. The Morgan fingerprint density at radius 1 is 0.941 bits per heavy atom. The topological polar surface area (TPSA) is 62.8 Å². The van der Waals surface area contributed by atoms with Gasteiger partial charge in [-0.05, 0) is 31.9 Å². The lowest BCUT2D eigenvalue weighted by atomic mass is 10.0. The fourth-order valence-electron chi connectivity index (χ4n) is 4.78. The second-order valence-electron chi connectivity index (χ2n) is 9.30. The minimum Gasteiger partial charge on any atom is -0.379 e. The molecule has 3 aromatic rings. The Morgan fingerprint density at radius 2 is 1.62 bits per heavy atom. The van der Waals surface area contributed by atoms with Gasteiger partial charge < -0.3 is 14.8 Å². The summed E-state index contributed by atoms with van der Waals surface area (Å²) in [7, 11) is 0. The van der Waals surface area contributed by atoms with E-state index in [9.17, 15) is 0 Å². The summed E-state index contributed by atoms with van der Waals surface area (Å²) in [6.07, 6.45) is 0. The summed E-state index contributed by atoms with van der Waals surface area (Å²) in [5.74, 6) is 1.84. The maximum atomic E-state index is 5.64. The molecule has 7 nitrogen and oxygen atoms in total. The number of anilines is 1. The second kappa shape index (κ2) is 10.7. The van der Waals surface area contributed by atoms with Crippen LogP contribution in [0.1, 0.15) is 33.4 Å². The molecule has 0 saturated carbocycles. The number of thiophene rings is 1. The number of aromatic nitrogens is 2. The lowest BCUT2D eigenvalue weighted by Gasteiger charge is -2.35. The van der Waals surface area contributed by atoms with E-state index in [0.29, 0.717) is 0 Å². The van der Waals surface area contributed by atoms with E-state index in [2.05, 4.69) is 60.2 Å². The van der Waals surface area contributed by atoms with Crippen molar-refractivity contribution in [2.45, 2.75) is 33.4 Å². The third kappa shape index (κ3) is 5.26. The summed E-state index contributed by atoms with van der Waals surface area (Å²) >= 11 is 1.77. The van der Waals surface area contributed by atoms with Gasteiger partial charge in [-0.2, -0.15) is 0 Å². The van der Waals surface area contributed by atoms with Crippen LogP contribution in [-0.4, -0.2) is 78.9 Å². The number of aryl methyl sites for hydroxylation is 3. The van der Waals surface area contributed by atoms with Gasteiger partial charge in [-0.15, -0.1) is 11.3 Å². The van der Waals surface area contributed by atoms with Crippen molar-refractivity contribution in [1.82, 2.24) is 19.8 Å². The number of hydrogen-bond acceptors (Lipinski definition) is 8. The Morgan fingerprint density at radius 3 is 2.32 bits per heavy atom. The van der Waals surface area contributed by atoms with Crippen LogP contribution in [0, 0.1) is 20.8 Å². The lowest BCUT2D eigenvalue weighted by molar-refractivity contribution is 0.0187. The number of nitrogens with zero attached hydrogens (tertiary/aromatic N) is 4. The maximum absolute atomic E-state index is 5.64. The van der Waals surface area contributed by atoms with Crippen LogP contribution in [0.15, 0.2) is 24.3 Å². The molecule has 182 valence electrons. The third-order valence-electron chi connectivity index (χ3n) is 6.96. The molecule has 1 atom stereocenters. The van der Waals surface area contributed by atoms with E-state index in [1.807, 2.05) is 0 Å². The van der Waals surface area contributed by atoms with Gasteiger partial charge >= 0.3 is 0 Å². The standard InChI is InChI=1S/C26H35N5O2S/c1-18-4-6-21(7-5-18)22(31-10-14-33-15-11-31)16-27-25-24-19(2)20(3)34-26(24)29-23(28-25)17-30-8-12-32-13-9-30/h4-7,22H,8-17H2,1-3H3,(H,27,28,29). The molecule has 2 saturated heterocycles. The summed E-state index contributed by atoms with van der Waals surface area (Å²) in [6, 6.07) is 9.20. The van der Waals surface area contributed by atoms with Crippen molar-refractivity contribution in [3.05, 3.63) is 51.7 Å². The fourth-order valence-corrected chi connectivity index (χ4v) is 5.83. The van der Waals surface area contributed by atoms with Crippen LogP contribution < -0.4 is 5.32 Å². The molecule has 0 radical (unpaired) electrons. The van der Waals surface area contributed by atoms with E-state index in [1.54, 1.807) is 11.3 Å². The first-order valence-corrected chi connectivity index (χ1v) is 13.1. The van der Waals surface area contributed by atoms with Gasteiger partial charge in [0.2, 0.25) is 0 Å². The van der Waals surface area contributed by atoms with Crippen LogP contribution >= 0.6 is 11.3 Å². The summed E-state index contributed by atoms with van der Waals surface area (Å²) < 4.78 is 11.2. The second-order valence-corrected chi connectivity index (χ2v) is 10.5. The molecule has 2 aromatic heterocycles. The predicted molar refractivity (Wildman–Crippen MR) is 138 cm³/mol. The highest BCUT2D eigenvalue weighted by atomic mass is 32.1. The quantitative estimate of drug-likeness (QED) is 0.549. The van der Waals surface area contributed by atoms with Crippen molar-refractivity contribution in [2.24, 2.45) is 0 Å². The Balaban J connectivity index is 1.43. The SMILES string of the molecule is Cc1ccc(C(CNc2nc(CN3CCOCC3)nc3sc(C)c(C)c23)N2CCOCC2)cc1. The van der Waals surface area contributed by atoms with Gasteiger partial charge in [0.15, 0.2) is 0 Å². The number of ether oxygens (including phenoxy) is 2. The number of fused-ring (bicyclic) bond motifs is 1. The first-order valence-electron chi connectivity index (χ1n) is 12.3. The van der Waals surface area contributed by atoms with Gasteiger partial charge in [0.05, 0.1) is 44.4 Å². The van der Waals surface area contributed by atoms with Gasteiger partial charge in [0.1, 0.15) is 16.5 Å². The van der Waals surface area contributed by atoms with E-state index in [0.717, 1.165) is 87.6 Å². The van der Waals surface area contributed by atoms with Crippen LogP contribution in [0.3, 0.4) is 0 Å². The van der Waals surface area contributed by atoms with Crippen LogP contribution in [0.5, 0.6) is 0 Å². The summed E-state index contributed by atoms with van der Waals surface area (Å²) in [6.45, 7) is 14.9. The molecular formula is C26H35N5O2S. The van der Waals surface area contributed by atoms with Gasteiger partial charge in [-0.25, -0.2) is 9.97 Å². The van der Waals surface area contributed by atoms with Crippen LogP contribution in [0.4, 0.5) is 5.82 Å². The highest BCUT2D eigenvalue weighted by molar-refractivity contribution is 7.18. The molecule has 5 rings (SSSR count). The van der Waals surface area contributed by atoms with Crippen LogP contribution in [0.2, 0.25) is 0 Å². The minimum atomic E-state index is 0.261.